The molecule has 0 aromatic heterocycles. The summed E-state index contributed by atoms with van der Waals surface area (Å²) >= 11 is 0. The van der Waals surface area contributed by atoms with Gasteiger partial charge in [-0.2, -0.15) is 0 Å². The minimum absolute atomic E-state index is 0.123. The summed E-state index contributed by atoms with van der Waals surface area (Å²) in [6.07, 6.45) is 4.91. The van der Waals surface area contributed by atoms with E-state index in [4.69, 9.17) is 5.11 Å². The molecule has 0 aromatic rings. The molecule has 0 saturated carbocycles. The second-order valence-corrected chi connectivity index (χ2v) is 2.68. The number of hydrogen-bond acceptors (Lipinski definition) is 3. The molecule has 4 nitrogen and oxygen atoms in total. The van der Waals surface area contributed by atoms with E-state index in [2.05, 4.69) is 0 Å². The van der Waals surface area contributed by atoms with E-state index >= 15 is 0 Å². The molecule has 0 rings (SSSR count). The van der Waals surface area contributed by atoms with Gasteiger partial charge in [-0.25, -0.2) is 0 Å². The van der Waals surface area contributed by atoms with Crippen molar-refractivity contribution in [2.75, 3.05) is 13.2 Å². The third-order valence-electron chi connectivity index (χ3n) is 1.73. The fourth-order valence-electron chi connectivity index (χ4n) is 0.820. The van der Waals surface area contributed by atoms with Gasteiger partial charge in [0.2, 0.25) is 6.54 Å². The topological polar surface area (TPSA) is 63.4 Å². The first-order valence-corrected chi connectivity index (χ1v) is 4.08. The lowest BCUT2D eigenvalue weighted by Crippen LogP contribution is -2.03. The summed E-state index contributed by atoms with van der Waals surface area (Å²) in [5.41, 5.74) is 0. The molecule has 0 saturated heterocycles. The van der Waals surface area contributed by atoms with Crippen LogP contribution in [0.25, 0.3) is 0 Å². The van der Waals surface area contributed by atoms with E-state index in [1.54, 1.807) is 6.08 Å². The van der Waals surface area contributed by atoms with Gasteiger partial charge in [0.1, 0.15) is 0 Å². The van der Waals surface area contributed by atoms with E-state index in [0.29, 0.717) is 0 Å². The van der Waals surface area contributed by atoms with Gasteiger partial charge in [0.25, 0.3) is 0 Å². The number of rotatable bonds is 6. The molecule has 0 aliphatic heterocycles. The highest BCUT2D eigenvalue weighted by atomic mass is 16.6. The smallest absolute Gasteiger partial charge is 0.222 e. The second kappa shape index (κ2) is 6.79. The van der Waals surface area contributed by atoms with Gasteiger partial charge in [-0.1, -0.05) is 19.4 Å². The first-order valence-electron chi connectivity index (χ1n) is 4.08. The minimum Gasteiger partial charge on any atom is -0.396 e. The molecule has 0 spiro atoms. The summed E-state index contributed by atoms with van der Waals surface area (Å²) in [4.78, 5) is 9.51. The summed E-state index contributed by atoms with van der Waals surface area (Å²) in [5.74, 6) is 0.244. The summed E-state index contributed by atoms with van der Waals surface area (Å²) in [6, 6.07) is 0. The average molecular weight is 173 g/mol. The Morgan fingerprint density at radius 1 is 1.58 bits per heavy atom. The number of nitro groups is 1. The molecule has 0 amide bonds. The van der Waals surface area contributed by atoms with Gasteiger partial charge in [0, 0.05) is 11.5 Å². The molecule has 1 atom stereocenters. The summed E-state index contributed by atoms with van der Waals surface area (Å²) < 4.78 is 0. The zero-order chi connectivity index (χ0) is 9.40. The normalized spacial score (nSPS) is 13.5. The number of hydrogen-bond donors (Lipinski definition) is 1. The predicted molar refractivity (Wildman–Crippen MR) is 46.5 cm³/mol. The van der Waals surface area contributed by atoms with Crippen molar-refractivity contribution in [2.24, 2.45) is 5.92 Å². The summed E-state index contributed by atoms with van der Waals surface area (Å²) in [5, 5.41) is 18.7. The Kier molecular flexibility index (Phi) is 6.28. The fraction of sp³-hybridized carbons (Fsp3) is 0.750. The first kappa shape index (κ1) is 11.1. The average Bonchev–Trinajstić information content (AvgIpc) is 2.04. The van der Waals surface area contributed by atoms with Gasteiger partial charge in [0.05, 0.1) is 0 Å². The zero-order valence-corrected chi connectivity index (χ0v) is 7.27. The van der Waals surface area contributed by atoms with E-state index in [0.717, 1.165) is 12.8 Å². The van der Waals surface area contributed by atoms with E-state index in [9.17, 15) is 10.1 Å². The fourth-order valence-corrected chi connectivity index (χ4v) is 0.820. The number of aliphatic hydroxyl groups excluding tert-OH is 1. The highest BCUT2D eigenvalue weighted by molar-refractivity contribution is 4.83. The van der Waals surface area contributed by atoms with Crippen molar-refractivity contribution >= 4 is 0 Å². The van der Waals surface area contributed by atoms with Gasteiger partial charge in [-0.15, -0.1) is 0 Å². The summed E-state index contributed by atoms with van der Waals surface area (Å²) in [7, 11) is 0. The first-order chi connectivity index (χ1) is 5.70. The van der Waals surface area contributed by atoms with E-state index in [1.165, 1.54) is 6.08 Å². The molecule has 0 bridgehead atoms. The van der Waals surface area contributed by atoms with Crippen molar-refractivity contribution in [1.29, 1.82) is 0 Å². The van der Waals surface area contributed by atoms with Gasteiger partial charge in [-0.3, -0.25) is 10.1 Å². The largest absolute Gasteiger partial charge is 0.396 e. The lowest BCUT2D eigenvalue weighted by atomic mass is 10.0. The molecule has 1 N–H and O–H groups in total. The predicted octanol–water partition coefficient (Wildman–Crippen LogP) is 1.23. The molecule has 0 aromatic carbocycles. The molecule has 4 heteroatoms. The van der Waals surface area contributed by atoms with Crippen LogP contribution in [0, 0.1) is 16.0 Å². The maximum Gasteiger partial charge on any atom is 0.222 e. The Bertz CT molecular complexity index is 152. The highest BCUT2D eigenvalue weighted by Crippen LogP contribution is 2.06. The third-order valence-corrected chi connectivity index (χ3v) is 1.73. The van der Waals surface area contributed by atoms with Crippen molar-refractivity contribution in [3.8, 4) is 0 Å². The van der Waals surface area contributed by atoms with Crippen molar-refractivity contribution in [3.63, 3.8) is 0 Å². The molecule has 0 aliphatic rings. The molecule has 0 radical (unpaired) electrons. The molecule has 0 aliphatic carbocycles. The van der Waals surface area contributed by atoms with Crippen LogP contribution in [0.2, 0.25) is 0 Å². The third kappa shape index (κ3) is 5.85. The monoisotopic (exact) mass is 173 g/mol. The lowest BCUT2D eigenvalue weighted by Gasteiger charge is -2.06. The number of aliphatic hydroxyl groups is 1. The second-order valence-electron chi connectivity index (χ2n) is 2.68. The lowest BCUT2D eigenvalue weighted by molar-refractivity contribution is -0.468. The molecule has 0 fully saturated rings. The van der Waals surface area contributed by atoms with Crippen LogP contribution in [0.3, 0.4) is 0 Å². The van der Waals surface area contributed by atoms with Crippen molar-refractivity contribution in [1.82, 2.24) is 0 Å². The maximum absolute atomic E-state index is 9.89. The van der Waals surface area contributed by atoms with E-state index < -0.39 is 0 Å². The molecule has 70 valence electrons. The number of nitrogens with zero attached hydrogens (tertiary/aromatic N) is 1. The van der Waals surface area contributed by atoms with Crippen LogP contribution in [0.15, 0.2) is 12.2 Å². The molecular weight excluding hydrogens is 158 g/mol. The van der Waals surface area contributed by atoms with Crippen molar-refractivity contribution < 1.29 is 10.0 Å². The Labute approximate surface area is 72.1 Å². The highest BCUT2D eigenvalue weighted by Gasteiger charge is 2.00. The van der Waals surface area contributed by atoms with Crippen molar-refractivity contribution in [2.45, 2.75) is 19.8 Å². The van der Waals surface area contributed by atoms with Crippen LogP contribution >= 0.6 is 0 Å². The Hall–Kier alpha value is -0.900. The quantitative estimate of drug-likeness (QED) is 0.373. The maximum atomic E-state index is 9.89. The zero-order valence-electron chi connectivity index (χ0n) is 7.27. The molecule has 12 heavy (non-hydrogen) atoms. The number of allylic oxidation sites excluding steroid dienone is 1. The van der Waals surface area contributed by atoms with E-state index in [-0.39, 0.29) is 24.0 Å². The van der Waals surface area contributed by atoms with Crippen LogP contribution in [-0.2, 0) is 0 Å². The van der Waals surface area contributed by atoms with Crippen LogP contribution < -0.4 is 0 Å². The van der Waals surface area contributed by atoms with Crippen molar-refractivity contribution in [3.05, 3.63) is 22.3 Å². The summed E-state index contributed by atoms with van der Waals surface area (Å²) in [6.45, 7) is 2.02. The van der Waals surface area contributed by atoms with Crippen LogP contribution in [0.4, 0.5) is 0 Å². The van der Waals surface area contributed by atoms with Crippen LogP contribution in [-0.4, -0.2) is 23.2 Å². The molecule has 0 heterocycles. The Morgan fingerprint density at radius 2 is 2.25 bits per heavy atom. The van der Waals surface area contributed by atoms with Gasteiger partial charge in [-0.05, 0) is 18.4 Å². The Morgan fingerprint density at radius 3 is 2.67 bits per heavy atom. The van der Waals surface area contributed by atoms with Gasteiger partial charge in [0.15, 0.2) is 0 Å². The van der Waals surface area contributed by atoms with Crippen LogP contribution in [0.1, 0.15) is 19.8 Å². The Balaban J connectivity index is 3.50. The standard InChI is InChI=1S/C8H15NO3/c1-2-8(7-10)5-3-4-6-9(11)12/h3-4,8,10H,2,5-7H2,1H3/b4-3-. The SMILES string of the molecule is CCC(CO)C/C=C\C[N+](=O)[O-]. The van der Waals surface area contributed by atoms with Crippen LogP contribution in [0.5, 0.6) is 0 Å². The molecular formula is C8H15NO3. The minimum atomic E-state index is -0.379. The van der Waals surface area contributed by atoms with Gasteiger partial charge < -0.3 is 5.11 Å². The molecule has 1 unspecified atom stereocenters. The van der Waals surface area contributed by atoms with E-state index in [1.807, 2.05) is 6.92 Å². The van der Waals surface area contributed by atoms with Gasteiger partial charge >= 0.3 is 0 Å².